The van der Waals surface area contributed by atoms with Crippen LogP contribution in [-0.2, 0) is 4.79 Å². The number of thiocarbonyl (C=S) groups is 1. The molecule has 24 heavy (non-hydrogen) atoms. The smallest absolute Gasteiger partial charge is 0.266 e. The minimum atomic E-state index is -0.273. The van der Waals surface area contributed by atoms with Crippen molar-refractivity contribution in [3.63, 3.8) is 0 Å². The van der Waals surface area contributed by atoms with E-state index in [4.69, 9.17) is 12.2 Å². The van der Waals surface area contributed by atoms with Gasteiger partial charge in [0.2, 0.25) is 0 Å². The molecular weight excluding hydrogens is 343 g/mol. The number of aromatic nitrogens is 1. The van der Waals surface area contributed by atoms with Crippen LogP contribution in [-0.4, -0.2) is 26.2 Å². The number of halogens is 1. The van der Waals surface area contributed by atoms with Gasteiger partial charge in [-0.3, -0.25) is 9.69 Å². The van der Waals surface area contributed by atoms with E-state index in [1.165, 1.54) is 23.9 Å². The fraction of sp³-hybridized carbons (Fsp3) is 0.222. The molecule has 0 unspecified atom stereocenters. The number of carbonyl (C=O) groups excluding carboxylic acids is 1. The van der Waals surface area contributed by atoms with Crippen LogP contribution in [0.25, 0.3) is 11.8 Å². The Bertz CT molecular complexity index is 870. The highest BCUT2D eigenvalue weighted by Crippen LogP contribution is 2.33. The quantitative estimate of drug-likeness (QED) is 0.597. The van der Waals surface area contributed by atoms with Crippen molar-refractivity contribution in [1.29, 1.82) is 0 Å². The van der Waals surface area contributed by atoms with Crippen LogP contribution in [0.4, 0.5) is 4.39 Å². The second-order valence-corrected chi connectivity index (χ2v) is 7.24. The number of benzene rings is 1. The van der Waals surface area contributed by atoms with Gasteiger partial charge in [-0.25, -0.2) is 4.39 Å². The summed E-state index contributed by atoms with van der Waals surface area (Å²) in [5, 5.41) is 0. The largest absolute Gasteiger partial charge is 0.318 e. The number of amides is 1. The van der Waals surface area contributed by atoms with Crippen LogP contribution in [0.3, 0.4) is 0 Å². The van der Waals surface area contributed by atoms with E-state index in [9.17, 15) is 9.18 Å². The van der Waals surface area contributed by atoms with E-state index in [-0.39, 0.29) is 11.7 Å². The van der Waals surface area contributed by atoms with Gasteiger partial charge in [-0.05, 0) is 56.7 Å². The van der Waals surface area contributed by atoms with Crippen LogP contribution in [0.15, 0.2) is 35.2 Å². The topological polar surface area (TPSA) is 25.2 Å². The Hall–Kier alpha value is -1.92. The molecule has 124 valence electrons. The third-order valence-corrected chi connectivity index (χ3v) is 5.39. The zero-order valence-corrected chi connectivity index (χ0v) is 15.3. The Morgan fingerprint density at radius 3 is 2.67 bits per heavy atom. The normalized spacial score (nSPS) is 16.5. The van der Waals surface area contributed by atoms with Crippen LogP contribution >= 0.6 is 24.0 Å². The lowest BCUT2D eigenvalue weighted by Gasteiger charge is -2.10. The van der Waals surface area contributed by atoms with E-state index in [1.807, 2.05) is 43.5 Å². The Morgan fingerprint density at radius 2 is 2.04 bits per heavy atom. The molecule has 1 fully saturated rings. The molecule has 0 aliphatic carbocycles. The van der Waals surface area contributed by atoms with E-state index in [1.54, 1.807) is 11.0 Å². The maximum atomic E-state index is 13.5. The minimum absolute atomic E-state index is 0.0527. The summed E-state index contributed by atoms with van der Waals surface area (Å²) in [7, 11) is 0. The first-order valence-electron chi connectivity index (χ1n) is 7.62. The standard InChI is InChI=1S/C18H17FN2OS2/c1-4-20-17(22)16(24-18(20)23)9-13-8-11(2)21(12(13)3)15-7-5-6-14(19)10-15/h5-10H,4H2,1-3H3/b16-9-. The van der Waals surface area contributed by atoms with Gasteiger partial charge in [0.1, 0.15) is 10.1 Å². The molecule has 1 aromatic carbocycles. The van der Waals surface area contributed by atoms with Gasteiger partial charge in [-0.2, -0.15) is 0 Å². The number of thioether (sulfide) groups is 1. The number of carbonyl (C=O) groups is 1. The van der Waals surface area contributed by atoms with Crippen LogP contribution in [0.5, 0.6) is 0 Å². The molecule has 1 amide bonds. The van der Waals surface area contributed by atoms with Crippen molar-refractivity contribution >= 4 is 40.3 Å². The maximum absolute atomic E-state index is 13.5. The van der Waals surface area contributed by atoms with Crippen molar-refractivity contribution in [1.82, 2.24) is 9.47 Å². The lowest BCUT2D eigenvalue weighted by Crippen LogP contribution is -2.27. The van der Waals surface area contributed by atoms with Crippen LogP contribution in [0.2, 0.25) is 0 Å². The van der Waals surface area contributed by atoms with E-state index >= 15 is 0 Å². The van der Waals surface area contributed by atoms with Crippen molar-refractivity contribution in [3.05, 3.63) is 58.0 Å². The highest BCUT2D eigenvalue weighted by Gasteiger charge is 2.30. The summed E-state index contributed by atoms with van der Waals surface area (Å²) in [4.78, 5) is 14.6. The van der Waals surface area contributed by atoms with Gasteiger partial charge in [0, 0.05) is 23.6 Å². The van der Waals surface area contributed by atoms with E-state index in [0.717, 1.165) is 22.6 Å². The Labute approximate surface area is 150 Å². The summed E-state index contributed by atoms with van der Waals surface area (Å²) < 4.78 is 16.1. The number of nitrogens with zero attached hydrogens (tertiary/aromatic N) is 2. The molecule has 0 saturated carbocycles. The fourth-order valence-corrected chi connectivity index (χ4v) is 4.24. The lowest BCUT2D eigenvalue weighted by molar-refractivity contribution is -0.121. The predicted molar refractivity (Wildman–Crippen MR) is 101 cm³/mol. The number of likely N-dealkylation sites (N-methyl/N-ethyl adjacent to an activating group) is 1. The summed E-state index contributed by atoms with van der Waals surface area (Å²) in [6.07, 6.45) is 1.87. The van der Waals surface area contributed by atoms with Gasteiger partial charge in [-0.1, -0.05) is 30.0 Å². The average Bonchev–Trinajstić information content (AvgIpc) is 2.95. The molecule has 1 aromatic heterocycles. The first-order chi connectivity index (χ1) is 11.4. The SMILES string of the molecule is CCN1C(=O)/C(=C/c2cc(C)n(-c3cccc(F)c3)c2C)SC1=S. The third-order valence-electron chi connectivity index (χ3n) is 4.01. The van der Waals surface area contributed by atoms with Crippen LogP contribution in [0, 0.1) is 19.7 Å². The second-order valence-electron chi connectivity index (χ2n) is 5.57. The summed E-state index contributed by atoms with van der Waals surface area (Å²) in [6.45, 7) is 6.41. The summed E-state index contributed by atoms with van der Waals surface area (Å²) in [5.74, 6) is -0.326. The van der Waals surface area contributed by atoms with Crippen molar-refractivity contribution in [2.24, 2.45) is 0 Å². The van der Waals surface area contributed by atoms with Gasteiger partial charge in [0.05, 0.1) is 4.91 Å². The number of aryl methyl sites for hydroxylation is 1. The minimum Gasteiger partial charge on any atom is -0.318 e. The van der Waals surface area contributed by atoms with E-state index in [0.29, 0.717) is 15.8 Å². The predicted octanol–water partition coefficient (Wildman–Crippen LogP) is 4.45. The molecule has 1 aliphatic heterocycles. The first kappa shape index (κ1) is 16.9. The van der Waals surface area contributed by atoms with Gasteiger partial charge in [0.15, 0.2) is 0 Å². The Kier molecular flexibility index (Phi) is 4.60. The molecule has 0 atom stereocenters. The molecule has 2 aromatic rings. The molecular formula is C18H17FN2OS2. The molecule has 0 spiro atoms. The maximum Gasteiger partial charge on any atom is 0.266 e. The monoisotopic (exact) mass is 360 g/mol. The number of hydrogen-bond acceptors (Lipinski definition) is 3. The Morgan fingerprint density at radius 1 is 1.29 bits per heavy atom. The molecule has 1 aliphatic rings. The third kappa shape index (κ3) is 2.91. The molecule has 6 heteroatoms. The zero-order valence-electron chi connectivity index (χ0n) is 13.7. The van der Waals surface area contributed by atoms with Gasteiger partial charge in [-0.15, -0.1) is 0 Å². The number of rotatable bonds is 3. The van der Waals surface area contributed by atoms with Gasteiger partial charge >= 0.3 is 0 Å². The molecule has 0 N–H and O–H groups in total. The van der Waals surface area contributed by atoms with E-state index < -0.39 is 0 Å². The van der Waals surface area contributed by atoms with E-state index in [2.05, 4.69) is 0 Å². The molecule has 3 rings (SSSR count). The molecule has 1 saturated heterocycles. The van der Waals surface area contributed by atoms with Crippen molar-refractivity contribution in [2.45, 2.75) is 20.8 Å². The second kappa shape index (κ2) is 6.53. The summed E-state index contributed by atoms with van der Waals surface area (Å²) in [6, 6.07) is 8.48. The van der Waals surface area contributed by atoms with Crippen molar-refractivity contribution < 1.29 is 9.18 Å². The lowest BCUT2D eigenvalue weighted by atomic mass is 10.2. The van der Waals surface area contributed by atoms with Gasteiger partial charge in [0.25, 0.3) is 5.91 Å². The molecule has 0 bridgehead atoms. The Balaban J connectivity index is 2.03. The highest BCUT2D eigenvalue weighted by molar-refractivity contribution is 8.26. The zero-order chi connectivity index (χ0) is 17.4. The molecule has 3 nitrogen and oxygen atoms in total. The average molecular weight is 360 g/mol. The first-order valence-corrected chi connectivity index (χ1v) is 8.85. The van der Waals surface area contributed by atoms with Crippen LogP contribution in [0.1, 0.15) is 23.9 Å². The van der Waals surface area contributed by atoms with Crippen molar-refractivity contribution in [2.75, 3.05) is 6.54 Å². The molecule has 2 heterocycles. The van der Waals surface area contributed by atoms with Crippen molar-refractivity contribution in [3.8, 4) is 5.69 Å². The molecule has 0 radical (unpaired) electrons. The number of hydrogen-bond donors (Lipinski definition) is 0. The summed E-state index contributed by atoms with van der Waals surface area (Å²) in [5.41, 5.74) is 3.65. The summed E-state index contributed by atoms with van der Waals surface area (Å²) >= 11 is 6.57. The fourth-order valence-electron chi connectivity index (χ4n) is 2.86. The van der Waals surface area contributed by atoms with Crippen LogP contribution < -0.4 is 0 Å². The highest BCUT2D eigenvalue weighted by atomic mass is 32.2. The van der Waals surface area contributed by atoms with Gasteiger partial charge < -0.3 is 4.57 Å².